The van der Waals surface area contributed by atoms with Crippen LogP contribution in [-0.2, 0) is 9.47 Å². The summed E-state index contributed by atoms with van der Waals surface area (Å²) in [7, 11) is 1.93. The predicted octanol–water partition coefficient (Wildman–Crippen LogP) is 3.77. The first-order valence-electron chi connectivity index (χ1n) is 8.89. The zero-order valence-corrected chi connectivity index (χ0v) is 14.5. The van der Waals surface area contributed by atoms with Gasteiger partial charge in [0.25, 0.3) is 0 Å². The number of methoxy groups -OCH3 is 1. The molecule has 3 heteroatoms. The van der Waals surface area contributed by atoms with Crippen LogP contribution >= 0.6 is 0 Å². The van der Waals surface area contributed by atoms with Crippen molar-refractivity contribution in [2.45, 2.75) is 77.4 Å². The molecule has 0 amide bonds. The standard InChI is InChI=1S/C18H35NO2/c1-5-12-19-16(15-6-13-21-14-7-15)18(20-4)10-8-17(2,3)9-11-18/h15-16,19H,5-14H2,1-4H3. The number of hydrogen-bond acceptors (Lipinski definition) is 3. The monoisotopic (exact) mass is 297 g/mol. The van der Waals surface area contributed by atoms with Crippen LogP contribution in [-0.4, -0.2) is 38.5 Å². The second-order valence-electron chi connectivity index (χ2n) is 7.81. The second-order valence-corrected chi connectivity index (χ2v) is 7.81. The molecular weight excluding hydrogens is 262 g/mol. The maximum atomic E-state index is 6.18. The highest BCUT2D eigenvalue weighted by Crippen LogP contribution is 2.45. The van der Waals surface area contributed by atoms with E-state index in [4.69, 9.17) is 9.47 Å². The van der Waals surface area contributed by atoms with Gasteiger partial charge in [0.15, 0.2) is 0 Å². The van der Waals surface area contributed by atoms with Crippen LogP contribution < -0.4 is 5.32 Å². The van der Waals surface area contributed by atoms with E-state index in [-0.39, 0.29) is 5.60 Å². The van der Waals surface area contributed by atoms with Gasteiger partial charge in [-0.2, -0.15) is 0 Å². The van der Waals surface area contributed by atoms with E-state index in [1.807, 2.05) is 7.11 Å². The molecule has 21 heavy (non-hydrogen) atoms. The van der Waals surface area contributed by atoms with Crippen molar-refractivity contribution in [3.8, 4) is 0 Å². The van der Waals surface area contributed by atoms with Gasteiger partial charge in [0.2, 0.25) is 0 Å². The molecule has 0 radical (unpaired) electrons. The largest absolute Gasteiger partial charge is 0.381 e. The Morgan fingerprint density at radius 1 is 1.14 bits per heavy atom. The highest BCUT2D eigenvalue weighted by atomic mass is 16.5. The molecule has 1 aliphatic heterocycles. The van der Waals surface area contributed by atoms with Crippen molar-refractivity contribution in [1.82, 2.24) is 5.32 Å². The lowest BCUT2D eigenvalue weighted by atomic mass is 9.65. The van der Waals surface area contributed by atoms with E-state index >= 15 is 0 Å². The summed E-state index contributed by atoms with van der Waals surface area (Å²) in [5.41, 5.74) is 0.514. The third-order valence-corrected chi connectivity index (χ3v) is 5.77. The Morgan fingerprint density at radius 2 is 1.76 bits per heavy atom. The first-order valence-corrected chi connectivity index (χ1v) is 8.89. The molecule has 0 aromatic carbocycles. The quantitative estimate of drug-likeness (QED) is 0.809. The molecule has 2 fully saturated rings. The van der Waals surface area contributed by atoms with Crippen molar-refractivity contribution in [1.29, 1.82) is 0 Å². The molecule has 1 atom stereocenters. The van der Waals surface area contributed by atoms with E-state index in [9.17, 15) is 0 Å². The summed E-state index contributed by atoms with van der Waals surface area (Å²) in [5, 5.41) is 3.85. The molecule has 1 N–H and O–H groups in total. The fourth-order valence-electron chi connectivity index (χ4n) is 4.12. The van der Waals surface area contributed by atoms with Crippen LogP contribution in [0.5, 0.6) is 0 Å². The van der Waals surface area contributed by atoms with Crippen LogP contribution in [0.25, 0.3) is 0 Å². The lowest BCUT2D eigenvalue weighted by Gasteiger charge is -2.50. The van der Waals surface area contributed by atoms with Crippen LogP contribution in [0.2, 0.25) is 0 Å². The third kappa shape index (κ3) is 4.20. The predicted molar refractivity (Wildman–Crippen MR) is 87.6 cm³/mol. The molecule has 1 unspecified atom stereocenters. The Morgan fingerprint density at radius 3 is 2.29 bits per heavy atom. The van der Waals surface area contributed by atoms with Crippen molar-refractivity contribution in [3.05, 3.63) is 0 Å². The van der Waals surface area contributed by atoms with Crippen LogP contribution in [0.1, 0.15) is 65.7 Å². The molecule has 2 rings (SSSR count). The van der Waals surface area contributed by atoms with Crippen LogP contribution in [0.4, 0.5) is 0 Å². The van der Waals surface area contributed by atoms with Crippen molar-refractivity contribution < 1.29 is 9.47 Å². The first-order chi connectivity index (χ1) is 10.0. The van der Waals surface area contributed by atoms with Gasteiger partial charge in [-0.3, -0.25) is 0 Å². The minimum atomic E-state index is 0.0344. The average Bonchev–Trinajstić information content (AvgIpc) is 2.50. The van der Waals surface area contributed by atoms with Gasteiger partial charge in [-0.1, -0.05) is 20.8 Å². The van der Waals surface area contributed by atoms with Crippen molar-refractivity contribution >= 4 is 0 Å². The van der Waals surface area contributed by atoms with E-state index < -0.39 is 0 Å². The van der Waals surface area contributed by atoms with Gasteiger partial charge in [0, 0.05) is 26.4 Å². The van der Waals surface area contributed by atoms with Crippen LogP contribution in [0, 0.1) is 11.3 Å². The Hall–Kier alpha value is -0.120. The minimum Gasteiger partial charge on any atom is -0.381 e. The fraction of sp³-hybridized carbons (Fsp3) is 1.00. The number of nitrogens with one attached hydrogen (secondary N) is 1. The molecule has 0 aromatic rings. The molecule has 3 nitrogen and oxygen atoms in total. The van der Waals surface area contributed by atoms with Crippen molar-refractivity contribution in [3.63, 3.8) is 0 Å². The van der Waals surface area contributed by atoms with E-state index in [1.165, 1.54) is 44.9 Å². The van der Waals surface area contributed by atoms with Gasteiger partial charge in [0.1, 0.15) is 0 Å². The van der Waals surface area contributed by atoms with E-state index in [1.54, 1.807) is 0 Å². The van der Waals surface area contributed by atoms with Crippen molar-refractivity contribution in [2.75, 3.05) is 26.9 Å². The summed E-state index contributed by atoms with van der Waals surface area (Å²) in [4.78, 5) is 0. The molecule has 0 spiro atoms. The molecule has 2 aliphatic rings. The normalized spacial score (nSPS) is 27.4. The minimum absolute atomic E-state index is 0.0344. The molecule has 1 heterocycles. The van der Waals surface area contributed by atoms with Gasteiger partial charge >= 0.3 is 0 Å². The lowest BCUT2D eigenvalue weighted by molar-refractivity contribution is -0.108. The summed E-state index contributed by atoms with van der Waals surface area (Å²) < 4.78 is 11.8. The maximum Gasteiger partial charge on any atom is 0.0834 e. The summed E-state index contributed by atoms with van der Waals surface area (Å²) in [6.07, 6.45) is 8.46. The third-order valence-electron chi connectivity index (χ3n) is 5.77. The Kier molecular flexibility index (Phi) is 6.10. The number of hydrogen-bond donors (Lipinski definition) is 1. The first kappa shape index (κ1) is 17.2. The Balaban J connectivity index is 2.11. The van der Waals surface area contributed by atoms with Crippen molar-refractivity contribution in [2.24, 2.45) is 11.3 Å². The summed E-state index contributed by atoms with van der Waals surface area (Å²) in [6, 6.07) is 0.488. The number of ether oxygens (including phenoxy) is 2. The average molecular weight is 297 g/mol. The van der Waals surface area contributed by atoms with Gasteiger partial charge < -0.3 is 14.8 Å². The van der Waals surface area contributed by atoms with Gasteiger partial charge in [-0.05, 0) is 62.8 Å². The SMILES string of the molecule is CCCNC(C1CCOCC1)C1(OC)CCC(C)(C)CC1. The molecule has 0 bridgehead atoms. The molecule has 0 aromatic heterocycles. The summed E-state index contributed by atoms with van der Waals surface area (Å²) >= 11 is 0. The van der Waals surface area contributed by atoms with Gasteiger partial charge in [0.05, 0.1) is 5.60 Å². The second kappa shape index (κ2) is 7.43. The molecule has 1 saturated carbocycles. The summed E-state index contributed by atoms with van der Waals surface area (Å²) in [5.74, 6) is 0.700. The Labute approximate surface area is 131 Å². The van der Waals surface area contributed by atoms with Crippen LogP contribution in [0.15, 0.2) is 0 Å². The van der Waals surface area contributed by atoms with E-state index in [0.29, 0.717) is 17.4 Å². The van der Waals surface area contributed by atoms with Gasteiger partial charge in [-0.15, -0.1) is 0 Å². The van der Waals surface area contributed by atoms with Gasteiger partial charge in [-0.25, -0.2) is 0 Å². The summed E-state index contributed by atoms with van der Waals surface area (Å²) in [6.45, 7) is 9.97. The zero-order chi connectivity index (χ0) is 15.3. The topological polar surface area (TPSA) is 30.5 Å². The zero-order valence-electron chi connectivity index (χ0n) is 14.5. The molecular formula is C18H35NO2. The molecule has 124 valence electrons. The smallest absolute Gasteiger partial charge is 0.0834 e. The fourth-order valence-corrected chi connectivity index (χ4v) is 4.12. The lowest BCUT2D eigenvalue weighted by Crippen LogP contribution is -2.58. The van der Waals surface area contributed by atoms with E-state index in [0.717, 1.165) is 19.8 Å². The highest BCUT2D eigenvalue weighted by Gasteiger charge is 2.46. The molecule has 1 aliphatic carbocycles. The van der Waals surface area contributed by atoms with E-state index in [2.05, 4.69) is 26.1 Å². The molecule has 1 saturated heterocycles. The Bertz CT molecular complexity index is 300. The number of rotatable bonds is 6. The maximum absolute atomic E-state index is 6.18. The van der Waals surface area contributed by atoms with Crippen LogP contribution in [0.3, 0.4) is 0 Å². The highest BCUT2D eigenvalue weighted by molar-refractivity contribution is 5.01.